The number of rotatable bonds is 3. The molecule has 25 heavy (non-hydrogen) atoms. The van der Waals surface area contributed by atoms with Gasteiger partial charge in [-0.2, -0.15) is 0 Å². The van der Waals surface area contributed by atoms with Crippen LogP contribution in [0.1, 0.15) is 49.8 Å². The largest absolute Gasteiger partial charge is 0.393 e. The molecule has 2 N–H and O–H groups in total. The summed E-state index contributed by atoms with van der Waals surface area (Å²) in [6.07, 6.45) is 7.98. The molecular weight excluding hydrogens is 334 g/mol. The molecule has 1 saturated carbocycles. The maximum atomic E-state index is 9.74. The van der Waals surface area contributed by atoms with Gasteiger partial charge in [0.2, 0.25) is 0 Å². The molecule has 4 nitrogen and oxygen atoms in total. The molecule has 1 aromatic heterocycles. The first-order valence-corrected chi connectivity index (χ1v) is 9.68. The fraction of sp³-hybridized carbons (Fsp3) is 0.500. The number of aliphatic hydroxyl groups is 1. The molecule has 2 aliphatic carbocycles. The van der Waals surface area contributed by atoms with Crippen LogP contribution in [0.3, 0.4) is 0 Å². The van der Waals surface area contributed by atoms with Gasteiger partial charge in [0.1, 0.15) is 5.82 Å². The lowest BCUT2D eigenvalue weighted by molar-refractivity contribution is 0.126. The van der Waals surface area contributed by atoms with Crippen LogP contribution < -0.4 is 5.32 Å². The van der Waals surface area contributed by atoms with Gasteiger partial charge in [0.25, 0.3) is 0 Å². The number of nitrogens with zero attached hydrogens (tertiary/aromatic N) is 2. The summed E-state index contributed by atoms with van der Waals surface area (Å²) >= 11 is 6.37. The molecule has 4 rings (SSSR count). The van der Waals surface area contributed by atoms with Gasteiger partial charge in [-0.1, -0.05) is 23.7 Å². The highest BCUT2D eigenvalue weighted by atomic mass is 35.5. The molecule has 5 heteroatoms. The van der Waals surface area contributed by atoms with Crippen molar-refractivity contribution < 1.29 is 5.11 Å². The number of aliphatic hydroxyl groups excluding tert-OH is 1. The average Bonchev–Trinajstić information content (AvgIpc) is 2.64. The van der Waals surface area contributed by atoms with Crippen molar-refractivity contribution >= 4 is 17.4 Å². The van der Waals surface area contributed by atoms with Crippen LogP contribution in [0.2, 0.25) is 5.02 Å². The van der Waals surface area contributed by atoms with Gasteiger partial charge >= 0.3 is 0 Å². The van der Waals surface area contributed by atoms with Crippen molar-refractivity contribution in [2.75, 3.05) is 5.32 Å². The van der Waals surface area contributed by atoms with Gasteiger partial charge in [-0.3, -0.25) is 0 Å². The number of aromatic nitrogens is 2. The first kappa shape index (κ1) is 16.8. The Balaban J connectivity index is 1.69. The van der Waals surface area contributed by atoms with Crippen LogP contribution >= 0.6 is 11.6 Å². The van der Waals surface area contributed by atoms with E-state index < -0.39 is 0 Å². The molecular formula is C20H24ClN3O. The van der Waals surface area contributed by atoms with Gasteiger partial charge in [-0.05, 0) is 63.5 Å². The fourth-order valence-electron chi connectivity index (χ4n) is 3.89. The molecule has 132 valence electrons. The molecule has 0 aliphatic heterocycles. The van der Waals surface area contributed by atoms with Crippen LogP contribution in [0.4, 0.5) is 5.82 Å². The summed E-state index contributed by atoms with van der Waals surface area (Å²) in [5.74, 6) is 1.69. The van der Waals surface area contributed by atoms with E-state index >= 15 is 0 Å². The topological polar surface area (TPSA) is 58.0 Å². The van der Waals surface area contributed by atoms with E-state index in [-0.39, 0.29) is 6.10 Å². The van der Waals surface area contributed by atoms with Crippen molar-refractivity contribution in [2.45, 2.75) is 63.5 Å². The maximum Gasteiger partial charge on any atom is 0.163 e. The predicted molar refractivity (Wildman–Crippen MR) is 101 cm³/mol. The normalized spacial score (nSPS) is 23.1. The number of hydrogen-bond donors (Lipinski definition) is 2. The van der Waals surface area contributed by atoms with Crippen molar-refractivity contribution in [2.24, 2.45) is 0 Å². The predicted octanol–water partition coefficient (Wildman–Crippen LogP) is 4.39. The summed E-state index contributed by atoms with van der Waals surface area (Å²) in [6.45, 7) is 0. The standard InChI is InChI=1S/C20H24ClN3O/c21-17-7-3-1-5-15(17)19-23-18-8-4-2-6-16(18)20(24-19)22-13-9-11-14(25)12-10-13/h1,3,5,7,13-14,25H,2,4,6,8-12H2,(H,22,23,24)/t13-,14-. The van der Waals surface area contributed by atoms with Crippen LogP contribution in [0.15, 0.2) is 24.3 Å². The first-order chi connectivity index (χ1) is 12.2. The van der Waals surface area contributed by atoms with Gasteiger partial charge in [0, 0.05) is 22.9 Å². The Morgan fingerprint density at radius 3 is 2.56 bits per heavy atom. The molecule has 0 atom stereocenters. The second-order valence-electron chi connectivity index (χ2n) is 7.16. The summed E-state index contributed by atoms with van der Waals surface area (Å²) in [6, 6.07) is 8.14. The highest BCUT2D eigenvalue weighted by molar-refractivity contribution is 6.33. The van der Waals surface area contributed by atoms with Crippen LogP contribution in [0.25, 0.3) is 11.4 Å². The molecule has 0 spiro atoms. The number of hydrogen-bond acceptors (Lipinski definition) is 4. The van der Waals surface area contributed by atoms with E-state index in [1.54, 1.807) is 0 Å². The third kappa shape index (κ3) is 3.65. The molecule has 2 aromatic rings. The van der Waals surface area contributed by atoms with Crippen LogP contribution in [-0.2, 0) is 12.8 Å². The molecule has 0 radical (unpaired) electrons. The SMILES string of the molecule is O[C@H]1CC[C@H](Nc2nc(-c3ccccc3Cl)nc3c2CCCC3)CC1. The summed E-state index contributed by atoms with van der Waals surface area (Å²) in [5, 5.41) is 14.1. The number of benzene rings is 1. The lowest BCUT2D eigenvalue weighted by atomic mass is 9.92. The minimum Gasteiger partial charge on any atom is -0.393 e. The van der Waals surface area contributed by atoms with Gasteiger partial charge in [-0.15, -0.1) is 0 Å². The minimum absolute atomic E-state index is 0.143. The third-order valence-corrected chi connectivity index (χ3v) is 5.67. The molecule has 0 saturated heterocycles. The molecule has 2 aliphatic rings. The lowest BCUT2D eigenvalue weighted by Gasteiger charge is -2.28. The Morgan fingerprint density at radius 2 is 1.76 bits per heavy atom. The Kier molecular flexibility index (Phi) is 4.91. The number of anilines is 1. The second kappa shape index (κ2) is 7.30. The van der Waals surface area contributed by atoms with Gasteiger partial charge in [-0.25, -0.2) is 9.97 Å². The molecule has 1 fully saturated rings. The van der Waals surface area contributed by atoms with Crippen molar-refractivity contribution in [3.05, 3.63) is 40.5 Å². The Hall–Kier alpha value is -1.65. The number of fused-ring (bicyclic) bond motifs is 1. The summed E-state index contributed by atoms with van der Waals surface area (Å²) in [4.78, 5) is 9.70. The minimum atomic E-state index is -0.143. The van der Waals surface area contributed by atoms with E-state index in [2.05, 4.69) is 5.32 Å². The zero-order valence-electron chi connectivity index (χ0n) is 14.3. The van der Waals surface area contributed by atoms with Crippen molar-refractivity contribution in [3.63, 3.8) is 0 Å². The molecule has 1 heterocycles. The van der Waals surface area contributed by atoms with E-state index in [9.17, 15) is 5.11 Å². The van der Waals surface area contributed by atoms with Crippen molar-refractivity contribution in [1.82, 2.24) is 9.97 Å². The van der Waals surface area contributed by atoms with Crippen molar-refractivity contribution in [3.8, 4) is 11.4 Å². The highest BCUT2D eigenvalue weighted by Gasteiger charge is 2.24. The summed E-state index contributed by atoms with van der Waals surface area (Å²) in [5.41, 5.74) is 3.32. The van der Waals surface area contributed by atoms with E-state index in [0.29, 0.717) is 16.9 Å². The zero-order valence-corrected chi connectivity index (χ0v) is 15.1. The van der Waals surface area contributed by atoms with Crippen LogP contribution in [0, 0.1) is 0 Å². The fourth-order valence-corrected chi connectivity index (χ4v) is 4.11. The monoisotopic (exact) mass is 357 g/mol. The average molecular weight is 358 g/mol. The first-order valence-electron chi connectivity index (χ1n) is 9.30. The van der Waals surface area contributed by atoms with Crippen molar-refractivity contribution in [1.29, 1.82) is 0 Å². The molecule has 0 unspecified atom stereocenters. The van der Waals surface area contributed by atoms with Crippen LogP contribution in [0.5, 0.6) is 0 Å². The Bertz CT molecular complexity index is 757. The van der Waals surface area contributed by atoms with Gasteiger partial charge in [0.15, 0.2) is 5.82 Å². The van der Waals surface area contributed by atoms with Gasteiger partial charge < -0.3 is 10.4 Å². The van der Waals surface area contributed by atoms with E-state index in [0.717, 1.165) is 55.6 Å². The molecule has 0 bridgehead atoms. The number of nitrogens with one attached hydrogen (secondary N) is 1. The number of halogens is 1. The quantitative estimate of drug-likeness (QED) is 0.855. The van der Waals surface area contributed by atoms with Crippen LogP contribution in [-0.4, -0.2) is 27.2 Å². The Morgan fingerprint density at radius 1 is 1.00 bits per heavy atom. The van der Waals surface area contributed by atoms with E-state index in [4.69, 9.17) is 21.6 Å². The summed E-state index contributed by atoms with van der Waals surface area (Å²) < 4.78 is 0. The smallest absolute Gasteiger partial charge is 0.163 e. The Labute approximate surface area is 153 Å². The third-order valence-electron chi connectivity index (χ3n) is 5.34. The zero-order chi connectivity index (χ0) is 17.2. The molecule has 1 aromatic carbocycles. The number of aryl methyl sites for hydroxylation is 1. The van der Waals surface area contributed by atoms with Gasteiger partial charge in [0.05, 0.1) is 11.1 Å². The lowest BCUT2D eigenvalue weighted by Crippen LogP contribution is -2.29. The summed E-state index contributed by atoms with van der Waals surface area (Å²) in [7, 11) is 0. The second-order valence-corrected chi connectivity index (χ2v) is 7.57. The maximum absolute atomic E-state index is 9.74. The highest BCUT2D eigenvalue weighted by Crippen LogP contribution is 2.32. The van der Waals surface area contributed by atoms with E-state index in [1.165, 1.54) is 18.4 Å². The van der Waals surface area contributed by atoms with E-state index in [1.807, 2.05) is 24.3 Å². The molecule has 0 amide bonds.